The van der Waals surface area contributed by atoms with Crippen LogP contribution in [0.3, 0.4) is 0 Å². The first-order valence-electron chi connectivity index (χ1n) is 4.62. The molecule has 0 fully saturated rings. The van der Waals surface area contributed by atoms with Gasteiger partial charge in [0, 0.05) is 6.20 Å². The Morgan fingerprint density at radius 2 is 1.80 bits per heavy atom. The number of halogens is 2. The minimum Gasteiger partial charge on any atom is -0.328 e. The average molecular weight is 209 g/mol. The number of nitrogens with one attached hydrogen (secondary N) is 1. The minimum atomic E-state index is -0.999. The van der Waals surface area contributed by atoms with Crippen molar-refractivity contribution in [2.24, 2.45) is 0 Å². The first kappa shape index (κ1) is 9.83. The van der Waals surface area contributed by atoms with Crippen LogP contribution in [0.2, 0.25) is 0 Å². The van der Waals surface area contributed by atoms with Gasteiger partial charge in [0.15, 0.2) is 11.6 Å². The number of rotatable bonds is 1. The zero-order valence-electron chi connectivity index (χ0n) is 8.10. The van der Waals surface area contributed by atoms with Crippen molar-refractivity contribution in [3.63, 3.8) is 0 Å². The molecule has 0 aliphatic carbocycles. The summed E-state index contributed by atoms with van der Waals surface area (Å²) in [5, 5.41) is 0.661. The Bertz CT molecular complexity index is 575. The predicted molar refractivity (Wildman–Crippen MR) is 53.9 cm³/mol. The number of H-pyrrole nitrogens is 1. The summed E-state index contributed by atoms with van der Waals surface area (Å²) in [5.41, 5.74) is 0.393. The molecule has 0 amide bonds. The molecule has 15 heavy (non-hydrogen) atoms. The van der Waals surface area contributed by atoms with E-state index in [0.29, 0.717) is 11.8 Å². The smallest absolute Gasteiger partial charge is 0.255 e. The minimum absolute atomic E-state index is 0.188. The lowest BCUT2D eigenvalue weighted by atomic mass is 10.1. The van der Waals surface area contributed by atoms with Crippen molar-refractivity contribution >= 4 is 10.8 Å². The molecular weight excluding hydrogens is 200 g/mol. The standard InChI is InChI=1S/C11H9F2NO/c1-2-6-5-14-11(15)8-4-10(13)9(12)3-7(6)8/h3-5H,2H2,1H3,(H,14,15). The molecule has 0 radical (unpaired) electrons. The van der Waals surface area contributed by atoms with E-state index >= 15 is 0 Å². The molecule has 0 saturated carbocycles. The van der Waals surface area contributed by atoms with Crippen LogP contribution in [-0.4, -0.2) is 4.98 Å². The summed E-state index contributed by atoms with van der Waals surface area (Å²) in [6.07, 6.45) is 2.18. The Morgan fingerprint density at radius 1 is 1.20 bits per heavy atom. The third-order valence-electron chi connectivity index (χ3n) is 2.41. The zero-order valence-corrected chi connectivity index (χ0v) is 8.10. The molecule has 78 valence electrons. The number of hydrogen-bond donors (Lipinski definition) is 1. The lowest BCUT2D eigenvalue weighted by Gasteiger charge is -2.03. The van der Waals surface area contributed by atoms with Gasteiger partial charge >= 0.3 is 0 Å². The maximum absolute atomic E-state index is 13.0. The van der Waals surface area contributed by atoms with Gasteiger partial charge in [0.1, 0.15) is 0 Å². The normalized spacial score (nSPS) is 10.9. The molecule has 1 aromatic carbocycles. The van der Waals surface area contributed by atoms with Crippen LogP contribution >= 0.6 is 0 Å². The highest BCUT2D eigenvalue weighted by Crippen LogP contribution is 2.18. The van der Waals surface area contributed by atoms with Gasteiger partial charge in [-0.2, -0.15) is 0 Å². The number of hydrogen-bond acceptors (Lipinski definition) is 1. The van der Waals surface area contributed by atoms with Crippen LogP contribution in [-0.2, 0) is 6.42 Å². The fraction of sp³-hybridized carbons (Fsp3) is 0.182. The fourth-order valence-corrected chi connectivity index (χ4v) is 1.60. The molecule has 2 nitrogen and oxygen atoms in total. The van der Waals surface area contributed by atoms with E-state index in [1.165, 1.54) is 6.20 Å². The van der Waals surface area contributed by atoms with E-state index in [4.69, 9.17) is 0 Å². The van der Waals surface area contributed by atoms with E-state index in [0.717, 1.165) is 17.7 Å². The molecule has 0 bridgehead atoms. The second-order valence-corrected chi connectivity index (χ2v) is 3.31. The van der Waals surface area contributed by atoms with Crippen LogP contribution in [0.15, 0.2) is 23.1 Å². The summed E-state index contributed by atoms with van der Waals surface area (Å²) in [6, 6.07) is 2.00. The van der Waals surface area contributed by atoms with Crippen LogP contribution in [0.4, 0.5) is 8.78 Å². The number of aryl methyl sites for hydroxylation is 1. The third-order valence-corrected chi connectivity index (χ3v) is 2.41. The number of pyridine rings is 1. The molecule has 1 aromatic heterocycles. The van der Waals surface area contributed by atoms with Gasteiger partial charge in [0.2, 0.25) is 0 Å². The van der Waals surface area contributed by atoms with Crippen LogP contribution in [0.25, 0.3) is 10.8 Å². The van der Waals surface area contributed by atoms with E-state index < -0.39 is 17.2 Å². The fourth-order valence-electron chi connectivity index (χ4n) is 1.60. The van der Waals surface area contributed by atoms with Gasteiger partial charge in [-0.1, -0.05) is 6.92 Å². The Labute approximate surface area is 84.6 Å². The van der Waals surface area contributed by atoms with Crippen LogP contribution in [0, 0.1) is 11.6 Å². The molecule has 2 rings (SSSR count). The quantitative estimate of drug-likeness (QED) is 0.768. The second kappa shape index (κ2) is 3.46. The SMILES string of the molecule is CCc1c[nH]c(=O)c2cc(F)c(F)cc12. The van der Waals surface area contributed by atoms with Gasteiger partial charge < -0.3 is 4.98 Å². The van der Waals surface area contributed by atoms with Gasteiger partial charge in [0.05, 0.1) is 5.39 Å². The van der Waals surface area contributed by atoms with Gasteiger partial charge in [-0.15, -0.1) is 0 Å². The summed E-state index contributed by atoms with van der Waals surface area (Å²) >= 11 is 0. The molecule has 0 atom stereocenters. The van der Waals surface area contributed by atoms with Crippen LogP contribution in [0.1, 0.15) is 12.5 Å². The molecule has 1 heterocycles. The number of fused-ring (bicyclic) bond motifs is 1. The predicted octanol–water partition coefficient (Wildman–Crippen LogP) is 2.37. The van der Waals surface area contributed by atoms with Crippen molar-refractivity contribution in [3.05, 3.63) is 45.9 Å². The first-order valence-corrected chi connectivity index (χ1v) is 4.62. The monoisotopic (exact) mass is 209 g/mol. The van der Waals surface area contributed by atoms with E-state index in [-0.39, 0.29) is 5.39 Å². The first-order chi connectivity index (χ1) is 7.13. The van der Waals surface area contributed by atoms with Gasteiger partial charge in [0.25, 0.3) is 5.56 Å². The lowest BCUT2D eigenvalue weighted by molar-refractivity contribution is 0.511. The van der Waals surface area contributed by atoms with Crippen molar-refractivity contribution in [3.8, 4) is 0 Å². The topological polar surface area (TPSA) is 32.9 Å². The van der Waals surface area contributed by atoms with E-state index in [1.54, 1.807) is 0 Å². The summed E-state index contributed by atoms with van der Waals surface area (Å²) in [6.45, 7) is 1.88. The average Bonchev–Trinajstić information content (AvgIpc) is 2.22. The molecule has 0 aliphatic heterocycles. The molecule has 0 spiro atoms. The highest BCUT2D eigenvalue weighted by molar-refractivity contribution is 5.84. The van der Waals surface area contributed by atoms with Crippen molar-refractivity contribution < 1.29 is 8.78 Å². The van der Waals surface area contributed by atoms with E-state index in [1.807, 2.05) is 6.92 Å². The van der Waals surface area contributed by atoms with Crippen molar-refractivity contribution in [1.29, 1.82) is 0 Å². The molecule has 0 saturated heterocycles. The lowest BCUT2D eigenvalue weighted by Crippen LogP contribution is -2.08. The van der Waals surface area contributed by atoms with Gasteiger partial charge in [-0.05, 0) is 29.5 Å². The third kappa shape index (κ3) is 1.52. The Balaban J connectivity index is 2.95. The molecule has 1 N–H and O–H groups in total. The molecule has 0 aliphatic rings. The maximum atomic E-state index is 13.0. The second-order valence-electron chi connectivity index (χ2n) is 3.31. The molecular formula is C11H9F2NO. The largest absolute Gasteiger partial charge is 0.328 e. The van der Waals surface area contributed by atoms with E-state index in [9.17, 15) is 13.6 Å². The van der Waals surface area contributed by atoms with Gasteiger partial charge in [-0.3, -0.25) is 4.79 Å². The van der Waals surface area contributed by atoms with Crippen LogP contribution in [0.5, 0.6) is 0 Å². The summed E-state index contributed by atoms with van der Waals surface area (Å²) in [5.74, 6) is -1.93. The Kier molecular flexibility index (Phi) is 2.26. The zero-order chi connectivity index (χ0) is 11.0. The van der Waals surface area contributed by atoms with Crippen molar-refractivity contribution in [1.82, 2.24) is 4.98 Å². The van der Waals surface area contributed by atoms with Gasteiger partial charge in [-0.25, -0.2) is 8.78 Å². The van der Waals surface area contributed by atoms with Crippen LogP contribution < -0.4 is 5.56 Å². The number of aromatic amines is 1. The maximum Gasteiger partial charge on any atom is 0.255 e. The Hall–Kier alpha value is -1.71. The number of aromatic nitrogens is 1. The molecule has 4 heteroatoms. The summed E-state index contributed by atoms with van der Waals surface area (Å²) in [4.78, 5) is 13.9. The Morgan fingerprint density at radius 3 is 2.40 bits per heavy atom. The van der Waals surface area contributed by atoms with Crippen molar-refractivity contribution in [2.45, 2.75) is 13.3 Å². The summed E-state index contributed by atoms with van der Waals surface area (Å²) in [7, 11) is 0. The van der Waals surface area contributed by atoms with E-state index in [2.05, 4.69) is 4.98 Å². The highest BCUT2D eigenvalue weighted by atomic mass is 19.2. The van der Waals surface area contributed by atoms with Crippen molar-refractivity contribution in [2.75, 3.05) is 0 Å². The highest BCUT2D eigenvalue weighted by Gasteiger charge is 2.09. The summed E-state index contributed by atoms with van der Waals surface area (Å²) < 4.78 is 25.9. The molecule has 2 aromatic rings. The number of benzene rings is 1. The molecule has 0 unspecified atom stereocenters.